The third-order valence-corrected chi connectivity index (χ3v) is 4.89. The summed E-state index contributed by atoms with van der Waals surface area (Å²) in [6, 6.07) is 3.63. The molecule has 0 heterocycles. The Bertz CT molecular complexity index is 584. The van der Waals surface area contributed by atoms with Gasteiger partial charge in [-0.3, -0.25) is 10.1 Å². The van der Waals surface area contributed by atoms with Gasteiger partial charge in [-0.05, 0) is 26.0 Å². The fourth-order valence-electron chi connectivity index (χ4n) is 1.46. The van der Waals surface area contributed by atoms with Crippen molar-refractivity contribution in [3.8, 4) is 0 Å². The number of nitrogens with one attached hydrogen (secondary N) is 1. The SMILES string of the molecule is CNc1ccc([N+](=O)[O-])c(S(=O)(=O)N(C)C(C)C)c1. The maximum absolute atomic E-state index is 12.4. The summed E-state index contributed by atoms with van der Waals surface area (Å²) < 4.78 is 25.8. The van der Waals surface area contributed by atoms with Crippen LogP contribution in [0, 0.1) is 10.1 Å². The maximum Gasteiger partial charge on any atom is 0.289 e. The van der Waals surface area contributed by atoms with Crippen LogP contribution in [0.4, 0.5) is 11.4 Å². The molecule has 0 saturated heterocycles. The van der Waals surface area contributed by atoms with Crippen molar-refractivity contribution >= 4 is 21.4 Å². The second-order valence-electron chi connectivity index (χ2n) is 4.30. The van der Waals surface area contributed by atoms with Gasteiger partial charge in [-0.2, -0.15) is 4.31 Å². The molecule has 8 heteroatoms. The van der Waals surface area contributed by atoms with Crippen LogP contribution in [0.5, 0.6) is 0 Å². The summed E-state index contributed by atoms with van der Waals surface area (Å²) in [6.07, 6.45) is 0. The predicted octanol–water partition coefficient (Wildman–Crippen LogP) is 1.67. The van der Waals surface area contributed by atoms with Crippen LogP contribution in [-0.4, -0.2) is 37.8 Å². The molecule has 0 fully saturated rings. The average molecular weight is 287 g/mol. The molecule has 0 aliphatic carbocycles. The van der Waals surface area contributed by atoms with Crippen molar-refractivity contribution < 1.29 is 13.3 Å². The number of sulfonamides is 1. The van der Waals surface area contributed by atoms with E-state index in [2.05, 4.69) is 5.32 Å². The lowest BCUT2D eigenvalue weighted by atomic mass is 10.3. The van der Waals surface area contributed by atoms with Crippen molar-refractivity contribution in [2.24, 2.45) is 0 Å². The van der Waals surface area contributed by atoms with Crippen molar-refractivity contribution in [3.05, 3.63) is 28.3 Å². The molecule has 1 N–H and O–H groups in total. The molecule has 106 valence electrons. The summed E-state index contributed by atoms with van der Waals surface area (Å²) in [7, 11) is -0.881. The molecule has 0 atom stereocenters. The molecule has 0 spiro atoms. The van der Waals surface area contributed by atoms with E-state index in [-0.39, 0.29) is 10.9 Å². The number of benzene rings is 1. The Hall–Kier alpha value is -1.67. The molecule has 0 aromatic heterocycles. The number of anilines is 1. The number of nitro benzene ring substituents is 1. The molecule has 1 aromatic carbocycles. The number of nitro groups is 1. The average Bonchev–Trinajstić information content (AvgIpc) is 2.36. The Morgan fingerprint density at radius 2 is 1.95 bits per heavy atom. The van der Waals surface area contributed by atoms with Gasteiger partial charge in [0.25, 0.3) is 5.69 Å². The topological polar surface area (TPSA) is 92.5 Å². The molecule has 0 radical (unpaired) electrons. The Labute approximate surface area is 112 Å². The van der Waals surface area contributed by atoms with Crippen LogP contribution >= 0.6 is 0 Å². The highest BCUT2D eigenvalue weighted by Gasteiger charge is 2.31. The highest BCUT2D eigenvalue weighted by atomic mass is 32.2. The van der Waals surface area contributed by atoms with Crippen molar-refractivity contribution in [1.82, 2.24) is 4.31 Å². The molecule has 0 aliphatic rings. The lowest BCUT2D eigenvalue weighted by Gasteiger charge is -2.21. The van der Waals surface area contributed by atoms with Gasteiger partial charge in [0.1, 0.15) is 0 Å². The Kier molecular flexibility index (Phi) is 4.48. The molecule has 7 nitrogen and oxygen atoms in total. The molecular weight excluding hydrogens is 270 g/mol. The fourth-order valence-corrected chi connectivity index (χ4v) is 3.01. The molecule has 1 aromatic rings. The van der Waals surface area contributed by atoms with Gasteiger partial charge in [-0.15, -0.1) is 0 Å². The first-order chi connectivity index (χ1) is 8.71. The predicted molar refractivity (Wildman–Crippen MR) is 72.7 cm³/mol. The Morgan fingerprint density at radius 1 is 1.37 bits per heavy atom. The minimum atomic E-state index is -3.89. The van der Waals surface area contributed by atoms with Gasteiger partial charge in [0, 0.05) is 31.9 Å². The molecule has 1 rings (SSSR count). The summed E-state index contributed by atoms with van der Waals surface area (Å²) in [5, 5.41) is 13.7. The second-order valence-corrected chi connectivity index (χ2v) is 6.27. The molecule has 0 saturated carbocycles. The van der Waals surface area contributed by atoms with Crippen LogP contribution in [-0.2, 0) is 10.0 Å². The third-order valence-electron chi connectivity index (χ3n) is 2.83. The minimum absolute atomic E-state index is 0.289. The summed E-state index contributed by atoms with van der Waals surface area (Å²) >= 11 is 0. The van der Waals surface area contributed by atoms with Crippen LogP contribution in [0.1, 0.15) is 13.8 Å². The van der Waals surface area contributed by atoms with Crippen LogP contribution in [0.3, 0.4) is 0 Å². The van der Waals surface area contributed by atoms with E-state index in [4.69, 9.17) is 0 Å². The van der Waals surface area contributed by atoms with E-state index in [0.717, 1.165) is 4.31 Å². The zero-order chi connectivity index (χ0) is 14.8. The highest BCUT2D eigenvalue weighted by Crippen LogP contribution is 2.29. The van der Waals surface area contributed by atoms with Crippen molar-refractivity contribution in [2.45, 2.75) is 24.8 Å². The van der Waals surface area contributed by atoms with Crippen LogP contribution in [0.2, 0.25) is 0 Å². The maximum atomic E-state index is 12.4. The van der Waals surface area contributed by atoms with E-state index in [0.29, 0.717) is 5.69 Å². The number of hydrogen-bond donors (Lipinski definition) is 1. The quantitative estimate of drug-likeness (QED) is 0.656. The van der Waals surface area contributed by atoms with Gasteiger partial charge in [0.2, 0.25) is 10.0 Å². The zero-order valence-electron chi connectivity index (χ0n) is 11.2. The molecular formula is C11H17N3O4S. The molecule has 0 aliphatic heterocycles. The van der Waals surface area contributed by atoms with Crippen molar-refractivity contribution in [1.29, 1.82) is 0 Å². The van der Waals surface area contributed by atoms with Gasteiger partial charge < -0.3 is 5.32 Å². The first-order valence-electron chi connectivity index (χ1n) is 5.66. The van der Waals surface area contributed by atoms with E-state index in [1.54, 1.807) is 20.9 Å². The summed E-state index contributed by atoms with van der Waals surface area (Å²) in [4.78, 5) is 9.96. The van der Waals surface area contributed by atoms with E-state index in [1.165, 1.54) is 25.2 Å². The molecule has 0 unspecified atom stereocenters. The standard InChI is InChI=1S/C11H17N3O4S/c1-8(2)13(4)19(17,18)11-7-9(12-3)5-6-10(11)14(15)16/h5-8,12H,1-4H3. The smallest absolute Gasteiger partial charge is 0.289 e. The van der Waals surface area contributed by atoms with Crippen LogP contribution < -0.4 is 5.32 Å². The van der Waals surface area contributed by atoms with E-state index < -0.39 is 20.6 Å². The minimum Gasteiger partial charge on any atom is -0.388 e. The zero-order valence-corrected chi connectivity index (χ0v) is 12.1. The van der Waals surface area contributed by atoms with Crippen molar-refractivity contribution in [3.63, 3.8) is 0 Å². The van der Waals surface area contributed by atoms with Gasteiger partial charge in [0.05, 0.1) is 4.92 Å². The van der Waals surface area contributed by atoms with Crippen LogP contribution in [0.25, 0.3) is 0 Å². The summed E-state index contributed by atoms with van der Waals surface area (Å²) in [5.41, 5.74) is 0.0767. The second kappa shape index (κ2) is 5.54. The van der Waals surface area contributed by atoms with Crippen LogP contribution in [0.15, 0.2) is 23.1 Å². The number of nitrogens with zero attached hydrogens (tertiary/aromatic N) is 2. The first kappa shape index (κ1) is 15.4. The lowest BCUT2D eigenvalue weighted by Crippen LogP contribution is -2.33. The van der Waals surface area contributed by atoms with Gasteiger partial charge in [0.15, 0.2) is 4.90 Å². The normalized spacial score (nSPS) is 11.9. The van der Waals surface area contributed by atoms with Gasteiger partial charge in [-0.1, -0.05) is 0 Å². The third kappa shape index (κ3) is 3.02. The van der Waals surface area contributed by atoms with E-state index in [9.17, 15) is 18.5 Å². The number of rotatable bonds is 5. The van der Waals surface area contributed by atoms with Gasteiger partial charge in [-0.25, -0.2) is 8.42 Å². The largest absolute Gasteiger partial charge is 0.388 e. The number of hydrogen-bond acceptors (Lipinski definition) is 5. The monoisotopic (exact) mass is 287 g/mol. The molecule has 0 bridgehead atoms. The molecule has 0 amide bonds. The fraction of sp³-hybridized carbons (Fsp3) is 0.455. The Balaban J connectivity index is 3.51. The molecule has 19 heavy (non-hydrogen) atoms. The van der Waals surface area contributed by atoms with E-state index in [1.807, 2.05) is 0 Å². The highest BCUT2D eigenvalue weighted by molar-refractivity contribution is 7.89. The summed E-state index contributed by atoms with van der Waals surface area (Å²) in [5.74, 6) is 0. The van der Waals surface area contributed by atoms with E-state index >= 15 is 0 Å². The lowest BCUT2D eigenvalue weighted by molar-refractivity contribution is -0.387. The first-order valence-corrected chi connectivity index (χ1v) is 7.10. The summed E-state index contributed by atoms with van der Waals surface area (Å²) in [6.45, 7) is 3.40. The Morgan fingerprint density at radius 3 is 2.37 bits per heavy atom. The van der Waals surface area contributed by atoms with Gasteiger partial charge >= 0.3 is 0 Å². The van der Waals surface area contributed by atoms with Crippen molar-refractivity contribution in [2.75, 3.05) is 19.4 Å².